The van der Waals surface area contributed by atoms with Gasteiger partial charge in [-0.05, 0) is 29.7 Å². The van der Waals surface area contributed by atoms with Crippen molar-refractivity contribution < 1.29 is 27.4 Å². The van der Waals surface area contributed by atoms with Crippen LogP contribution in [0.15, 0.2) is 12.1 Å². The molecule has 0 aliphatic carbocycles. The summed E-state index contributed by atoms with van der Waals surface area (Å²) in [6.45, 7) is 0.652. The number of nitrogens with zero attached hydrogens (tertiary/aromatic N) is 1. The molecule has 0 unspecified atom stereocenters. The summed E-state index contributed by atoms with van der Waals surface area (Å²) in [5.74, 6) is 0.731. The lowest BCUT2D eigenvalue weighted by Gasteiger charge is -2.29. The third kappa shape index (κ3) is 4.83. The van der Waals surface area contributed by atoms with Crippen LogP contribution in [0.1, 0.15) is 11.1 Å². The topological polar surface area (TPSA) is 94.2 Å². The number of amides is 1. The zero-order valence-electron chi connectivity index (χ0n) is 14.7. The summed E-state index contributed by atoms with van der Waals surface area (Å²) in [4.78, 5) is 11.3. The Hall–Kier alpha value is -1.84. The summed E-state index contributed by atoms with van der Waals surface area (Å²) in [5.41, 5.74) is 1.95. The van der Waals surface area contributed by atoms with Crippen LogP contribution in [0.25, 0.3) is 0 Å². The lowest BCUT2D eigenvalue weighted by atomic mass is 10.0. The van der Waals surface area contributed by atoms with Gasteiger partial charge < -0.3 is 19.5 Å². The normalized spacial score (nSPS) is 14.7. The molecular formula is C16H24N2O6S. The number of sulfonamides is 1. The van der Waals surface area contributed by atoms with Crippen molar-refractivity contribution in [3.05, 3.63) is 23.3 Å². The molecule has 1 amide bonds. The van der Waals surface area contributed by atoms with Crippen molar-refractivity contribution >= 4 is 15.9 Å². The van der Waals surface area contributed by atoms with Gasteiger partial charge in [0, 0.05) is 26.7 Å². The third-order valence-corrected chi connectivity index (χ3v) is 5.85. The molecule has 0 fully saturated rings. The molecular weight excluding hydrogens is 348 g/mol. The average Bonchev–Trinajstić information content (AvgIpc) is 2.60. The monoisotopic (exact) mass is 372 g/mol. The fourth-order valence-electron chi connectivity index (χ4n) is 2.73. The summed E-state index contributed by atoms with van der Waals surface area (Å²) in [5, 5.41) is 2.52. The van der Waals surface area contributed by atoms with E-state index in [2.05, 4.69) is 10.1 Å². The molecule has 1 aliphatic rings. The lowest BCUT2D eigenvalue weighted by molar-refractivity contribution is -0.124. The predicted molar refractivity (Wildman–Crippen MR) is 92.3 cm³/mol. The Morgan fingerprint density at radius 3 is 2.40 bits per heavy atom. The summed E-state index contributed by atoms with van der Waals surface area (Å²) < 4.78 is 41.7. The zero-order chi connectivity index (χ0) is 18.4. The number of rotatable bonds is 8. The molecule has 1 heterocycles. The van der Waals surface area contributed by atoms with Crippen LogP contribution in [0.5, 0.6) is 11.5 Å². The fraction of sp³-hybridized carbons (Fsp3) is 0.562. The second kappa shape index (κ2) is 8.50. The lowest BCUT2D eigenvalue weighted by Crippen LogP contribution is -2.40. The van der Waals surface area contributed by atoms with Gasteiger partial charge in [-0.25, -0.2) is 8.42 Å². The Morgan fingerprint density at radius 1 is 1.16 bits per heavy atom. The number of fused-ring (bicyclic) bond motifs is 1. The van der Waals surface area contributed by atoms with Crippen molar-refractivity contribution in [1.29, 1.82) is 0 Å². The van der Waals surface area contributed by atoms with E-state index in [9.17, 15) is 13.2 Å². The van der Waals surface area contributed by atoms with Crippen LogP contribution in [-0.4, -0.2) is 65.4 Å². The number of benzene rings is 1. The SMILES string of the molecule is COCC(=O)NCCS(=O)(=O)N1CCc2cc(OC)c(OC)cc2C1. The summed E-state index contributed by atoms with van der Waals surface area (Å²) >= 11 is 0. The van der Waals surface area contributed by atoms with Crippen molar-refractivity contribution in [1.82, 2.24) is 9.62 Å². The number of hydrogen-bond acceptors (Lipinski definition) is 6. The fourth-order valence-corrected chi connectivity index (χ4v) is 4.05. The van der Waals surface area contributed by atoms with Gasteiger partial charge in [0.05, 0.1) is 20.0 Å². The van der Waals surface area contributed by atoms with E-state index < -0.39 is 10.0 Å². The molecule has 0 aromatic heterocycles. The van der Waals surface area contributed by atoms with E-state index in [1.807, 2.05) is 12.1 Å². The molecule has 1 aromatic carbocycles. The van der Waals surface area contributed by atoms with E-state index in [1.165, 1.54) is 11.4 Å². The van der Waals surface area contributed by atoms with Crippen LogP contribution in [0.4, 0.5) is 0 Å². The molecule has 8 nitrogen and oxygen atoms in total. The third-order valence-electron chi connectivity index (χ3n) is 4.03. The Kier molecular flexibility index (Phi) is 6.63. The first-order chi connectivity index (χ1) is 11.9. The molecule has 0 saturated heterocycles. The van der Waals surface area contributed by atoms with Gasteiger partial charge in [-0.3, -0.25) is 4.79 Å². The van der Waals surface area contributed by atoms with Crippen LogP contribution in [0.3, 0.4) is 0 Å². The van der Waals surface area contributed by atoms with Gasteiger partial charge in [0.1, 0.15) is 6.61 Å². The summed E-state index contributed by atoms with van der Waals surface area (Å²) in [6, 6.07) is 3.71. The van der Waals surface area contributed by atoms with Crippen molar-refractivity contribution in [3.8, 4) is 11.5 Å². The highest BCUT2D eigenvalue weighted by atomic mass is 32.2. The van der Waals surface area contributed by atoms with E-state index >= 15 is 0 Å². The number of nitrogens with one attached hydrogen (secondary N) is 1. The first-order valence-corrected chi connectivity index (χ1v) is 9.49. The van der Waals surface area contributed by atoms with E-state index in [-0.39, 0.29) is 31.4 Å². The Morgan fingerprint density at radius 2 is 1.80 bits per heavy atom. The maximum absolute atomic E-state index is 12.5. The van der Waals surface area contributed by atoms with Crippen LogP contribution in [0.2, 0.25) is 0 Å². The van der Waals surface area contributed by atoms with E-state index in [1.54, 1.807) is 14.2 Å². The number of methoxy groups -OCH3 is 3. The summed E-state index contributed by atoms with van der Waals surface area (Å²) in [7, 11) is 1.06. The van der Waals surface area contributed by atoms with Gasteiger partial charge in [-0.1, -0.05) is 0 Å². The molecule has 0 bridgehead atoms. The molecule has 0 spiro atoms. The molecule has 0 saturated carbocycles. The predicted octanol–water partition coefficient (Wildman–Crippen LogP) is 0.154. The smallest absolute Gasteiger partial charge is 0.246 e. The van der Waals surface area contributed by atoms with Gasteiger partial charge in [-0.2, -0.15) is 4.31 Å². The molecule has 0 radical (unpaired) electrons. The van der Waals surface area contributed by atoms with E-state index in [4.69, 9.17) is 9.47 Å². The van der Waals surface area contributed by atoms with Gasteiger partial charge in [0.25, 0.3) is 0 Å². The number of hydrogen-bond donors (Lipinski definition) is 1. The molecule has 9 heteroatoms. The molecule has 1 N–H and O–H groups in total. The molecule has 25 heavy (non-hydrogen) atoms. The van der Waals surface area contributed by atoms with Gasteiger partial charge in [-0.15, -0.1) is 0 Å². The van der Waals surface area contributed by atoms with Crippen LogP contribution in [0, 0.1) is 0 Å². The van der Waals surface area contributed by atoms with E-state index in [0.29, 0.717) is 24.5 Å². The number of carbonyl (C=O) groups excluding carboxylic acids is 1. The first-order valence-electron chi connectivity index (χ1n) is 7.88. The van der Waals surface area contributed by atoms with Crippen molar-refractivity contribution in [3.63, 3.8) is 0 Å². The maximum Gasteiger partial charge on any atom is 0.246 e. The highest BCUT2D eigenvalue weighted by Crippen LogP contribution is 2.33. The van der Waals surface area contributed by atoms with Crippen molar-refractivity contribution in [2.45, 2.75) is 13.0 Å². The minimum Gasteiger partial charge on any atom is -0.493 e. The first kappa shape index (κ1) is 19.5. The minimum atomic E-state index is -3.47. The quantitative estimate of drug-likeness (QED) is 0.698. The van der Waals surface area contributed by atoms with Crippen molar-refractivity contribution in [2.24, 2.45) is 0 Å². The largest absolute Gasteiger partial charge is 0.493 e. The maximum atomic E-state index is 12.5. The molecule has 1 aliphatic heterocycles. The van der Waals surface area contributed by atoms with Gasteiger partial charge >= 0.3 is 0 Å². The Labute approximate surface area is 148 Å². The second-order valence-electron chi connectivity index (χ2n) is 5.66. The zero-order valence-corrected chi connectivity index (χ0v) is 15.5. The Bertz CT molecular complexity index is 720. The van der Waals surface area contributed by atoms with Gasteiger partial charge in [0.15, 0.2) is 11.5 Å². The highest BCUT2D eigenvalue weighted by Gasteiger charge is 2.27. The standard InChI is InChI=1S/C16H24N2O6S/c1-22-11-16(19)17-5-7-25(20,21)18-6-4-12-8-14(23-2)15(24-3)9-13(12)10-18/h8-9H,4-7,10-11H2,1-3H3,(H,17,19). The van der Waals surface area contributed by atoms with Crippen LogP contribution >= 0.6 is 0 Å². The molecule has 0 atom stereocenters. The highest BCUT2D eigenvalue weighted by molar-refractivity contribution is 7.89. The average molecular weight is 372 g/mol. The summed E-state index contributed by atoms with van der Waals surface area (Å²) in [6.07, 6.45) is 0.602. The number of ether oxygens (including phenoxy) is 3. The number of carbonyl (C=O) groups is 1. The molecule has 140 valence electrons. The molecule has 2 rings (SSSR count). The van der Waals surface area contributed by atoms with Gasteiger partial charge in [0.2, 0.25) is 15.9 Å². The molecule has 1 aromatic rings. The van der Waals surface area contributed by atoms with Crippen LogP contribution in [-0.2, 0) is 32.5 Å². The minimum absolute atomic E-state index is 0.0554. The van der Waals surface area contributed by atoms with Crippen LogP contribution < -0.4 is 14.8 Å². The Balaban J connectivity index is 2.04. The van der Waals surface area contributed by atoms with E-state index in [0.717, 1.165) is 11.1 Å². The second-order valence-corrected chi connectivity index (χ2v) is 7.75. The van der Waals surface area contributed by atoms with Crippen molar-refractivity contribution in [2.75, 3.05) is 46.8 Å².